The minimum atomic E-state index is -1.24. The quantitative estimate of drug-likeness (QED) is 0.487. The molecular formula is C15H31BSi. The second-order valence-electron chi connectivity index (χ2n) is 7.25. The van der Waals surface area contributed by atoms with Gasteiger partial charge in [-0.15, -0.1) is 5.54 Å². The first-order chi connectivity index (χ1) is 7.56. The van der Waals surface area contributed by atoms with Gasteiger partial charge in [-0.05, 0) is 0 Å². The molecule has 0 saturated carbocycles. The van der Waals surface area contributed by atoms with Crippen molar-refractivity contribution in [3.8, 4) is 11.4 Å². The lowest BCUT2D eigenvalue weighted by atomic mass is 9.32. The molecule has 2 unspecified atom stereocenters. The van der Waals surface area contributed by atoms with Crippen LogP contribution in [-0.4, -0.2) is 14.8 Å². The van der Waals surface area contributed by atoms with Crippen molar-refractivity contribution >= 4 is 14.8 Å². The molecule has 0 aliphatic heterocycles. The second-order valence-corrected chi connectivity index (χ2v) is 12.0. The van der Waals surface area contributed by atoms with Gasteiger partial charge in [0.2, 0.25) is 6.71 Å². The van der Waals surface area contributed by atoms with E-state index in [0.29, 0.717) is 18.3 Å². The van der Waals surface area contributed by atoms with E-state index >= 15 is 0 Å². The maximum Gasteiger partial charge on any atom is 0.236 e. The third-order valence-electron chi connectivity index (χ3n) is 3.85. The van der Waals surface area contributed by atoms with Crippen molar-refractivity contribution in [3.63, 3.8) is 0 Å². The molecule has 0 bridgehead atoms. The summed E-state index contributed by atoms with van der Waals surface area (Å²) in [6, 6.07) is 0. The predicted octanol–water partition coefficient (Wildman–Crippen LogP) is 4.99. The van der Waals surface area contributed by atoms with Crippen molar-refractivity contribution in [3.05, 3.63) is 0 Å². The normalized spacial score (nSPS) is 15.5. The molecule has 17 heavy (non-hydrogen) atoms. The van der Waals surface area contributed by atoms with Gasteiger partial charge in [0.1, 0.15) is 8.07 Å². The fraction of sp³-hybridized carbons (Fsp3) is 0.867. The van der Waals surface area contributed by atoms with Gasteiger partial charge < -0.3 is 0 Å². The number of hydrogen-bond acceptors (Lipinski definition) is 0. The van der Waals surface area contributed by atoms with Crippen LogP contribution in [0.15, 0.2) is 0 Å². The Morgan fingerprint density at radius 2 is 1.12 bits per heavy atom. The van der Waals surface area contributed by atoms with Gasteiger partial charge in [0.05, 0.1) is 0 Å². The van der Waals surface area contributed by atoms with E-state index in [1.807, 2.05) is 0 Å². The third-order valence-corrected chi connectivity index (χ3v) is 4.74. The van der Waals surface area contributed by atoms with Crippen molar-refractivity contribution in [2.24, 2.45) is 11.8 Å². The van der Waals surface area contributed by atoms with Crippen LogP contribution >= 0.6 is 0 Å². The van der Waals surface area contributed by atoms with Gasteiger partial charge in [-0.3, -0.25) is 0 Å². The van der Waals surface area contributed by atoms with Crippen LogP contribution in [0.1, 0.15) is 41.5 Å². The van der Waals surface area contributed by atoms with E-state index in [4.69, 9.17) is 0 Å². The van der Waals surface area contributed by atoms with Gasteiger partial charge in [-0.2, -0.15) is 5.82 Å². The average Bonchev–Trinajstić information content (AvgIpc) is 2.15. The van der Waals surface area contributed by atoms with Gasteiger partial charge in [-0.25, -0.2) is 0 Å². The third kappa shape index (κ3) is 6.36. The van der Waals surface area contributed by atoms with Gasteiger partial charge >= 0.3 is 0 Å². The summed E-state index contributed by atoms with van der Waals surface area (Å²) in [4.78, 5) is 0. The summed E-state index contributed by atoms with van der Waals surface area (Å²) in [7, 11) is -1.24. The molecule has 0 aromatic heterocycles. The molecule has 0 radical (unpaired) electrons. The van der Waals surface area contributed by atoms with Gasteiger partial charge in [0.15, 0.2) is 0 Å². The first-order valence-corrected chi connectivity index (χ1v) is 10.6. The largest absolute Gasteiger partial charge is 0.236 e. The smallest absolute Gasteiger partial charge is 0.162 e. The van der Waals surface area contributed by atoms with E-state index in [1.165, 1.54) is 0 Å². The van der Waals surface area contributed by atoms with Gasteiger partial charge in [0, 0.05) is 0 Å². The zero-order chi connectivity index (χ0) is 13.8. The number of hydrogen-bond donors (Lipinski definition) is 0. The van der Waals surface area contributed by atoms with Crippen LogP contribution in [0.3, 0.4) is 0 Å². The molecule has 0 aliphatic rings. The summed E-state index contributed by atoms with van der Waals surface area (Å²) in [5, 5.41) is 0. The maximum atomic E-state index is 3.63. The van der Waals surface area contributed by atoms with Crippen LogP contribution in [0.25, 0.3) is 0 Å². The first kappa shape index (κ1) is 16.8. The second kappa shape index (κ2) is 6.69. The molecule has 0 rings (SSSR count). The molecule has 0 fully saturated rings. The van der Waals surface area contributed by atoms with Crippen molar-refractivity contribution < 1.29 is 0 Å². The Labute approximate surface area is 111 Å². The summed E-state index contributed by atoms with van der Waals surface area (Å²) in [5.41, 5.74) is 3.58. The van der Waals surface area contributed by atoms with E-state index in [-0.39, 0.29) is 0 Å². The topological polar surface area (TPSA) is 0 Å². The van der Waals surface area contributed by atoms with Crippen LogP contribution in [0, 0.1) is 23.2 Å². The Hall–Kier alpha value is -0.158. The summed E-state index contributed by atoms with van der Waals surface area (Å²) < 4.78 is 0. The van der Waals surface area contributed by atoms with Crippen molar-refractivity contribution in [1.82, 2.24) is 0 Å². The predicted molar refractivity (Wildman–Crippen MR) is 85.4 cm³/mol. The lowest BCUT2D eigenvalue weighted by molar-refractivity contribution is 0.568. The highest BCUT2D eigenvalue weighted by Crippen LogP contribution is 2.31. The highest BCUT2D eigenvalue weighted by atomic mass is 28.3. The van der Waals surface area contributed by atoms with E-state index in [1.54, 1.807) is 0 Å². The lowest BCUT2D eigenvalue weighted by Crippen LogP contribution is -2.30. The van der Waals surface area contributed by atoms with Crippen LogP contribution in [-0.2, 0) is 0 Å². The standard InChI is InChI=1S/C15H31BSi/c1-12(2)14(5)16(15(6)13(3)4)10-11-17(7,8)9/h12-15H,1-9H3. The molecule has 2 heteroatoms. The van der Waals surface area contributed by atoms with E-state index in [9.17, 15) is 0 Å². The fourth-order valence-electron chi connectivity index (χ4n) is 1.87. The molecule has 98 valence electrons. The first-order valence-electron chi connectivity index (χ1n) is 7.09. The maximum absolute atomic E-state index is 3.63. The van der Waals surface area contributed by atoms with Gasteiger partial charge in [-0.1, -0.05) is 84.7 Å². The molecule has 0 heterocycles. The van der Waals surface area contributed by atoms with E-state index < -0.39 is 8.07 Å². The van der Waals surface area contributed by atoms with Crippen molar-refractivity contribution in [2.45, 2.75) is 72.8 Å². The highest BCUT2D eigenvalue weighted by molar-refractivity contribution is 6.85. The van der Waals surface area contributed by atoms with Crippen molar-refractivity contribution in [1.29, 1.82) is 0 Å². The zero-order valence-electron chi connectivity index (χ0n) is 13.4. The van der Waals surface area contributed by atoms with E-state index in [2.05, 4.69) is 72.5 Å². The molecule has 2 atom stereocenters. The number of rotatable bonds is 4. The fourth-order valence-corrected chi connectivity index (χ4v) is 2.47. The molecule has 0 amide bonds. The Morgan fingerprint density at radius 1 is 0.765 bits per heavy atom. The average molecular weight is 250 g/mol. The van der Waals surface area contributed by atoms with Crippen molar-refractivity contribution in [2.75, 3.05) is 0 Å². The SMILES string of the molecule is CC(C)C(C)B(C#C[Si](C)(C)C)C(C)C(C)C. The molecule has 0 aliphatic carbocycles. The van der Waals surface area contributed by atoms with Crippen LogP contribution in [0.4, 0.5) is 0 Å². The van der Waals surface area contributed by atoms with Crippen LogP contribution in [0.5, 0.6) is 0 Å². The molecule has 0 N–H and O–H groups in total. The van der Waals surface area contributed by atoms with E-state index in [0.717, 1.165) is 11.8 Å². The highest BCUT2D eigenvalue weighted by Gasteiger charge is 2.30. The van der Waals surface area contributed by atoms with Crippen LogP contribution < -0.4 is 0 Å². The summed E-state index contributed by atoms with van der Waals surface area (Å²) in [6.45, 7) is 21.6. The Morgan fingerprint density at radius 3 is 1.35 bits per heavy atom. The molecular weight excluding hydrogens is 219 g/mol. The molecule has 0 nitrogen and oxygen atoms in total. The summed E-state index contributed by atoms with van der Waals surface area (Å²) >= 11 is 0. The summed E-state index contributed by atoms with van der Waals surface area (Å²) in [5.74, 6) is 6.45. The molecule has 0 saturated heterocycles. The zero-order valence-corrected chi connectivity index (χ0v) is 14.4. The Bertz CT molecular complexity index is 264. The molecule has 0 aromatic carbocycles. The Balaban J connectivity index is 5.04. The van der Waals surface area contributed by atoms with Gasteiger partial charge in [0.25, 0.3) is 0 Å². The van der Waals surface area contributed by atoms with Crippen LogP contribution in [0.2, 0.25) is 31.3 Å². The molecule has 0 aromatic rings. The Kier molecular flexibility index (Phi) is 6.63. The lowest BCUT2D eigenvalue weighted by Gasteiger charge is -2.27. The monoisotopic (exact) mass is 250 g/mol. The molecule has 0 spiro atoms. The summed E-state index contributed by atoms with van der Waals surface area (Å²) in [6.07, 6.45) is 0. The minimum Gasteiger partial charge on any atom is -0.162 e. The minimum absolute atomic E-state index is 0.557.